The highest BCUT2D eigenvalue weighted by Crippen LogP contribution is 2.16. The van der Waals surface area contributed by atoms with Gasteiger partial charge >= 0.3 is 6.09 Å². The summed E-state index contributed by atoms with van der Waals surface area (Å²) < 4.78 is 5.09. The van der Waals surface area contributed by atoms with Crippen molar-refractivity contribution in [2.75, 3.05) is 13.6 Å². The fourth-order valence-corrected chi connectivity index (χ4v) is 1.71. The average Bonchev–Trinajstić information content (AvgIpc) is 2.67. The van der Waals surface area contributed by atoms with E-state index >= 15 is 0 Å². The molecular weight excluding hydrogens is 262 g/mol. The molecule has 1 atom stereocenters. The molecule has 1 N–H and O–H groups in total. The minimum absolute atomic E-state index is 0.0325. The monoisotopic (exact) mass is 279 g/mol. The number of carbonyl (C=O) groups is 2. The number of hydrazone groups is 1. The second-order valence-corrected chi connectivity index (χ2v) is 5.46. The van der Waals surface area contributed by atoms with Crippen molar-refractivity contribution in [1.29, 1.82) is 0 Å². The van der Waals surface area contributed by atoms with Crippen LogP contribution in [0.3, 0.4) is 0 Å². The average molecular weight is 279 g/mol. The number of amides is 2. The van der Waals surface area contributed by atoms with Crippen molar-refractivity contribution in [3.63, 3.8) is 0 Å². The molecule has 2 aliphatic heterocycles. The number of alkyl carbamates (subject to hydrolysis) is 1. The van der Waals surface area contributed by atoms with Crippen LogP contribution in [0.2, 0.25) is 0 Å². The first-order chi connectivity index (χ1) is 9.26. The van der Waals surface area contributed by atoms with Crippen molar-refractivity contribution >= 4 is 29.9 Å². The Kier molecular flexibility index (Phi) is 3.56. The van der Waals surface area contributed by atoms with Crippen LogP contribution in [0.25, 0.3) is 0 Å². The Morgan fingerprint density at radius 3 is 2.80 bits per heavy atom. The minimum atomic E-state index is -0.579. The van der Waals surface area contributed by atoms with E-state index in [1.54, 1.807) is 27.8 Å². The van der Waals surface area contributed by atoms with Gasteiger partial charge in [0, 0.05) is 13.3 Å². The Bertz CT molecular complexity index is 530. The van der Waals surface area contributed by atoms with E-state index in [0.29, 0.717) is 5.84 Å². The molecule has 0 aromatic heterocycles. The van der Waals surface area contributed by atoms with Crippen LogP contribution in [-0.4, -0.2) is 54.1 Å². The summed E-state index contributed by atoms with van der Waals surface area (Å²) in [6, 6.07) is 0. The SMILES string of the molecule is CN1N=CC2C(=O)N=C(CNC(=O)OC(C)(C)C)N=C21. The third kappa shape index (κ3) is 3.19. The lowest BCUT2D eigenvalue weighted by molar-refractivity contribution is -0.118. The van der Waals surface area contributed by atoms with E-state index in [9.17, 15) is 9.59 Å². The summed E-state index contributed by atoms with van der Waals surface area (Å²) in [4.78, 5) is 31.3. The molecule has 0 fully saturated rings. The maximum Gasteiger partial charge on any atom is 0.408 e. The first kappa shape index (κ1) is 14.2. The van der Waals surface area contributed by atoms with Crippen molar-refractivity contribution in [1.82, 2.24) is 10.3 Å². The molecule has 2 rings (SSSR count). The van der Waals surface area contributed by atoms with E-state index in [-0.39, 0.29) is 18.3 Å². The van der Waals surface area contributed by atoms with Crippen LogP contribution in [-0.2, 0) is 9.53 Å². The van der Waals surface area contributed by atoms with Gasteiger partial charge in [-0.15, -0.1) is 0 Å². The summed E-state index contributed by atoms with van der Waals surface area (Å²) in [6.45, 7) is 5.34. The van der Waals surface area contributed by atoms with Gasteiger partial charge in [0.05, 0.1) is 6.54 Å². The lowest BCUT2D eigenvalue weighted by Gasteiger charge is -2.20. The molecule has 2 amide bonds. The van der Waals surface area contributed by atoms with Crippen molar-refractivity contribution in [2.24, 2.45) is 21.0 Å². The van der Waals surface area contributed by atoms with E-state index < -0.39 is 17.6 Å². The number of amidine groups is 2. The molecule has 1 unspecified atom stereocenters. The number of carbonyl (C=O) groups excluding carboxylic acids is 2. The van der Waals surface area contributed by atoms with Crippen LogP contribution in [0.5, 0.6) is 0 Å². The summed E-state index contributed by atoms with van der Waals surface area (Å²) in [6.07, 6.45) is 0.925. The van der Waals surface area contributed by atoms with Crippen molar-refractivity contribution < 1.29 is 14.3 Å². The Balaban J connectivity index is 1.96. The molecule has 0 aromatic rings. The zero-order valence-corrected chi connectivity index (χ0v) is 11.9. The number of rotatable bonds is 2. The van der Waals surface area contributed by atoms with Gasteiger partial charge in [-0.2, -0.15) is 10.1 Å². The predicted octanol–water partition coefficient (Wildman–Crippen LogP) is 0.396. The fraction of sp³-hybridized carbons (Fsp3) is 0.583. The van der Waals surface area contributed by atoms with Gasteiger partial charge in [0.25, 0.3) is 5.91 Å². The van der Waals surface area contributed by atoms with Gasteiger partial charge in [0.15, 0.2) is 5.84 Å². The minimum Gasteiger partial charge on any atom is -0.444 e. The highest BCUT2D eigenvalue weighted by molar-refractivity contribution is 6.24. The van der Waals surface area contributed by atoms with Gasteiger partial charge in [0.1, 0.15) is 17.4 Å². The van der Waals surface area contributed by atoms with Crippen molar-refractivity contribution in [3.05, 3.63) is 0 Å². The standard InChI is InChI=1S/C12H17N5O3/c1-12(2,3)20-11(19)13-6-8-15-9-7(10(18)16-8)5-14-17(9)4/h5,7H,6H2,1-4H3,(H,13,19). The number of nitrogens with zero attached hydrogens (tertiary/aromatic N) is 4. The number of fused-ring (bicyclic) bond motifs is 1. The Hall–Kier alpha value is -2.25. The lowest BCUT2D eigenvalue weighted by atomic mass is 10.1. The molecule has 8 heteroatoms. The maximum atomic E-state index is 11.8. The number of hydrogen-bond acceptors (Lipinski definition) is 6. The Morgan fingerprint density at radius 1 is 1.45 bits per heavy atom. The number of ether oxygens (including phenoxy) is 1. The third-order valence-electron chi connectivity index (χ3n) is 2.54. The molecule has 108 valence electrons. The largest absolute Gasteiger partial charge is 0.444 e. The van der Waals surface area contributed by atoms with E-state index in [2.05, 4.69) is 20.4 Å². The first-order valence-electron chi connectivity index (χ1n) is 6.21. The molecule has 0 spiro atoms. The number of nitrogens with one attached hydrogen (secondary N) is 1. The molecule has 0 aromatic carbocycles. The second kappa shape index (κ2) is 5.03. The topological polar surface area (TPSA) is 95.7 Å². The molecule has 2 aliphatic rings. The van der Waals surface area contributed by atoms with Crippen LogP contribution in [0.15, 0.2) is 15.1 Å². The summed E-state index contributed by atoms with van der Waals surface area (Å²) in [7, 11) is 1.70. The van der Waals surface area contributed by atoms with E-state index in [1.165, 1.54) is 11.2 Å². The summed E-state index contributed by atoms with van der Waals surface area (Å²) >= 11 is 0. The normalized spacial score (nSPS) is 21.3. The van der Waals surface area contributed by atoms with Crippen LogP contribution in [0.1, 0.15) is 20.8 Å². The lowest BCUT2D eigenvalue weighted by Crippen LogP contribution is -2.39. The Labute approximate surface area is 116 Å². The molecule has 0 bridgehead atoms. The Morgan fingerprint density at radius 2 is 2.15 bits per heavy atom. The molecule has 0 saturated carbocycles. The second-order valence-electron chi connectivity index (χ2n) is 5.46. The maximum absolute atomic E-state index is 11.8. The highest BCUT2D eigenvalue weighted by Gasteiger charge is 2.33. The van der Waals surface area contributed by atoms with E-state index in [1.807, 2.05) is 0 Å². The fourth-order valence-electron chi connectivity index (χ4n) is 1.71. The van der Waals surface area contributed by atoms with E-state index in [4.69, 9.17) is 4.74 Å². The van der Waals surface area contributed by atoms with Gasteiger partial charge in [-0.25, -0.2) is 9.79 Å². The van der Waals surface area contributed by atoms with Gasteiger partial charge in [0.2, 0.25) is 0 Å². The molecule has 0 saturated heterocycles. The first-order valence-corrected chi connectivity index (χ1v) is 6.21. The van der Waals surface area contributed by atoms with Crippen LogP contribution in [0.4, 0.5) is 4.79 Å². The van der Waals surface area contributed by atoms with E-state index in [0.717, 1.165) is 0 Å². The van der Waals surface area contributed by atoms with Crippen molar-refractivity contribution in [2.45, 2.75) is 26.4 Å². The van der Waals surface area contributed by atoms with Crippen LogP contribution < -0.4 is 5.32 Å². The molecular formula is C12H17N5O3. The quantitative estimate of drug-likeness (QED) is 0.791. The van der Waals surface area contributed by atoms with Crippen LogP contribution >= 0.6 is 0 Å². The summed E-state index contributed by atoms with van der Waals surface area (Å²) in [5, 5.41) is 8.01. The third-order valence-corrected chi connectivity index (χ3v) is 2.54. The summed E-state index contributed by atoms with van der Waals surface area (Å²) in [5.74, 6) is -0.0789. The smallest absolute Gasteiger partial charge is 0.408 e. The van der Waals surface area contributed by atoms with Crippen molar-refractivity contribution in [3.8, 4) is 0 Å². The number of aliphatic imine (C=N–C) groups is 2. The predicted molar refractivity (Wildman–Crippen MR) is 73.9 cm³/mol. The number of hydrogen-bond donors (Lipinski definition) is 1. The van der Waals surface area contributed by atoms with Crippen LogP contribution in [0, 0.1) is 5.92 Å². The molecule has 0 aliphatic carbocycles. The van der Waals surface area contributed by atoms with Gasteiger partial charge in [-0.05, 0) is 20.8 Å². The molecule has 8 nitrogen and oxygen atoms in total. The molecule has 2 heterocycles. The summed E-state index contributed by atoms with van der Waals surface area (Å²) in [5.41, 5.74) is -0.579. The van der Waals surface area contributed by atoms with Gasteiger partial charge < -0.3 is 10.1 Å². The van der Waals surface area contributed by atoms with Gasteiger partial charge in [-0.1, -0.05) is 0 Å². The zero-order chi connectivity index (χ0) is 14.9. The molecule has 20 heavy (non-hydrogen) atoms. The zero-order valence-electron chi connectivity index (χ0n) is 11.9. The molecule has 0 radical (unpaired) electrons. The van der Waals surface area contributed by atoms with Gasteiger partial charge in [-0.3, -0.25) is 9.80 Å². The highest BCUT2D eigenvalue weighted by atomic mass is 16.6.